The monoisotopic (exact) mass is 160 g/mol. The summed E-state index contributed by atoms with van der Waals surface area (Å²) in [4.78, 5) is 11.3. The molecule has 12 heavy (non-hydrogen) atoms. The summed E-state index contributed by atoms with van der Waals surface area (Å²) in [5.74, 6) is 0.0346. The van der Waals surface area contributed by atoms with Crippen LogP contribution >= 0.6 is 0 Å². The van der Waals surface area contributed by atoms with E-state index < -0.39 is 0 Å². The predicted octanol–water partition coefficient (Wildman–Crippen LogP) is 1.95. The van der Waals surface area contributed by atoms with E-state index in [4.69, 9.17) is 0 Å². The van der Waals surface area contributed by atoms with Crippen LogP contribution in [0.3, 0.4) is 0 Å². The second-order valence-electron chi connectivity index (χ2n) is 2.92. The minimum Gasteiger partial charge on any atom is -0.325 e. The first kappa shape index (κ1) is 7.35. The number of nitrogens with one attached hydrogen (secondary N) is 1. The molecule has 1 amide bonds. The van der Waals surface area contributed by atoms with Gasteiger partial charge in [-0.15, -0.1) is 0 Å². The minimum atomic E-state index is -0.0406. The Bertz CT molecular complexity index is 319. The van der Waals surface area contributed by atoms with Crippen LogP contribution in [0.5, 0.6) is 0 Å². The van der Waals surface area contributed by atoms with Crippen LogP contribution in [0.4, 0.5) is 5.69 Å². The molecule has 0 bridgehead atoms. The van der Waals surface area contributed by atoms with Gasteiger partial charge in [0.2, 0.25) is 5.91 Å². The zero-order valence-electron chi connectivity index (χ0n) is 6.71. The molecule has 1 N–H and O–H groups in total. The van der Waals surface area contributed by atoms with E-state index in [2.05, 4.69) is 12.2 Å². The second kappa shape index (κ2) is 2.63. The molecule has 1 aromatic carbocycles. The van der Waals surface area contributed by atoms with Crippen LogP contribution in [0.15, 0.2) is 24.3 Å². The number of benzene rings is 1. The van der Waals surface area contributed by atoms with Crippen LogP contribution in [-0.2, 0) is 4.79 Å². The Kier molecular flexibility index (Phi) is 1.61. The van der Waals surface area contributed by atoms with Crippen molar-refractivity contribution in [1.29, 1.82) is 0 Å². The van der Waals surface area contributed by atoms with Crippen molar-refractivity contribution in [1.82, 2.24) is 0 Å². The first-order valence-electron chi connectivity index (χ1n) is 4.02. The number of rotatable bonds is 1. The molecule has 0 spiro atoms. The Labute approximate surface area is 71.6 Å². The van der Waals surface area contributed by atoms with E-state index in [9.17, 15) is 4.79 Å². The molecule has 0 aliphatic carbocycles. The van der Waals surface area contributed by atoms with E-state index in [1.165, 1.54) is 0 Å². The molecular formula is C10H10NO. The fraction of sp³-hybridized carbons (Fsp3) is 0.200. The predicted molar refractivity (Wildman–Crippen MR) is 47.8 cm³/mol. The summed E-state index contributed by atoms with van der Waals surface area (Å²) >= 11 is 0. The van der Waals surface area contributed by atoms with Gasteiger partial charge >= 0.3 is 0 Å². The molecule has 0 fully saturated rings. The van der Waals surface area contributed by atoms with Gasteiger partial charge in [-0.3, -0.25) is 4.79 Å². The Morgan fingerprint density at radius 1 is 1.42 bits per heavy atom. The molecule has 1 aromatic rings. The SMILES string of the molecule is [CH2]CC1C(=O)Nc2ccccc21. The summed E-state index contributed by atoms with van der Waals surface area (Å²) in [6, 6.07) is 7.76. The highest BCUT2D eigenvalue weighted by Crippen LogP contribution is 2.33. The van der Waals surface area contributed by atoms with Gasteiger partial charge in [-0.25, -0.2) is 0 Å². The van der Waals surface area contributed by atoms with Crippen molar-refractivity contribution < 1.29 is 4.79 Å². The van der Waals surface area contributed by atoms with E-state index in [1.807, 2.05) is 24.3 Å². The van der Waals surface area contributed by atoms with Gasteiger partial charge in [0.15, 0.2) is 0 Å². The molecule has 1 aliphatic rings. The van der Waals surface area contributed by atoms with Gasteiger partial charge in [-0.05, 0) is 18.1 Å². The van der Waals surface area contributed by atoms with E-state index in [0.717, 1.165) is 11.3 Å². The number of hydrogen-bond donors (Lipinski definition) is 1. The molecule has 0 saturated carbocycles. The maximum atomic E-state index is 11.3. The number of amides is 1. The average Bonchev–Trinajstić information content (AvgIpc) is 2.40. The van der Waals surface area contributed by atoms with Gasteiger partial charge in [0.05, 0.1) is 5.92 Å². The zero-order chi connectivity index (χ0) is 8.55. The maximum Gasteiger partial charge on any atom is 0.232 e. The summed E-state index contributed by atoms with van der Waals surface area (Å²) in [6.45, 7) is 3.76. The Hall–Kier alpha value is -1.31. The van der Waals surface area contributed by atoms with Crippen molar-refractivity contribution >= 4 is 11.6 Å². The Morgan fingerprint density at radius 2 is 2.17 bits per heavy atom. The highest BCUT2D eigenvalue weighted by atomic mass is 16.2. The molecule has 2 rings (SSSR count). The third-order valence-corrected chi connectivity index (χ3v) is 2.20. The molecule has 2 nitrogen and oxygen atoms in total. The fourth-order valence-corrected chi connectivity index (χ4v) is 1.56. The van der Waals surface area contributed by atoms with Crippen LogP contribution in [0, 0.1) is 6.92 Å². The minimum absolute atomic E-state index is 0.0406. The van der Waals surface area contributed by atoms with Gasteiger partial charge in [-0.2, -0.15) is 0 Å². The molecule has 1 radical (unpaired) electrons. The number of fused-ring (bicyclic) bond motifs is 1. The van der Waals surface area contributed by atoms with Gasteiger partial charge in [0.1, 0.15) is 0 Å². The molecule has 61 valence electrons. The highest BCUT2D eigenvalue weighted by molar-refractivity contribution is 6.02. The zero-order valence-corrected chi connectivity index (χ0v) is 6.71. The van der Waals surface area contributed by atoms with Gasteiger partial charge < -0.3 is 5.32 Å². The second-order valence-corrected chi connectivity index (χ2v) is 2.92. The molecular weight excluding hydrogens is 150 g/mol. The van der Waals surface area contributed by atoms with Crippen LogP contribution in [0.1, 0.15) is 17.9 Å². The fourth-order valence-electron chi connectivity index (χ4n) is 1.56. The van der Waals surface area contributed by atoms with Gasteiger partial charge in [0, 0.05) is 5.69 Å². The van der Waals surface area contributed by atoms with Crippen molar-refractivity contribution in [2.75, 3.05) is 5.32 Å². The summed E-state index contributed by atoms with van der Waals surface area (Å²) < 4.78 is 0. The van der Waals surface area contributed by atoms with E-state index in [0.29, 0.717) is 6.42 Å². The smallest absolute Gasteiger partial charge is 0.232 e. The number of carbonyl (C=O) groups is 1. The third kappa shape index (κ3) is 0.916. The Balaban J connectivity index is 2.47. The topological polar surface area (TPSA) is 29.1 Å². The first-order chi connectivity index (χ1) is 5.83. The average molecular weight is 160 g/mol. The molecule has 1 heterocycles. The lowest BCUT2D eigenvalue weighted by molar-refractivity contribution is -0.116. The van der Waals surface area contributed by atoms with Crippen molar-refractivity contribution in [3.8, 4) is 0 Å². The van der Waals surface area contributed by atoms with Crippen LogP contribution in [-0.4, -0.2) is 5.91 Å². The van der Waals surface area contributed by atoms with E-state index >= 15 is 0 Å². The van der Waals surface area contributed by atoms with Gasteiger partial charge in [-0.1, -0.05) is 25.1 Å². The molecule has 1 aliphatic heterocycles. The molecule has 0 aromatic heterocycles. The standard InChI is InChI=1S/C10H10NO/c1-2-7-8-5-3-4-6-9(8)11-10(7)12/h3-7H,1-2H2,(H,11,12). The Morgan fingerprint density at radius 3 is 2.92 bits per heavy atom. The first-order valence-corrected chi connectivity index (χ1v) is 4.02. The number of carbonyl (C=O) groups excluding carboxylic acids is 1. The molecule has 1 atom stereocenters. The lowest BCUT2D eigenvalue weighted by Gasteiger charge is -2.02. The summed E-state index contributed by atoms with van der Waals surface area (Å²) in [6.07, 6.45) is 0.628. The summed E-state index contributed by atoms with van der Waals surface area (Å²) in [5, 5.41) is 2.82. The van der Waals surface area contributed by atoms with Gasteiger partial charge in [0.25, 0.3) is 0 Å². The third-order valence-electron chi connectivity index (χ3n) is 2.20. The van der Waals surface area contributed by atoms with Crippen LogP contribution in [0.25, 0.3) is 0 Å². The van der Waals surface area contributed by atoms with Crippen molar-refractivity contribution in [2.45, 2.75) is 12.3 Å². The summed E-state index contributed by atoms with van der Waals surface area (Å²) in [5.41, 5.74) is 2.02. The maximum absolute atomic E-state index is 11.3. The summed E-state index contributed by atoms with van der Waals surface area (Å²) in [7, 11) is 0. The number of hydrogen-bond acceptors (Lipinski definition) is 1. The van der Waals surface area contributed by atoms with Crippen molar-refractivity contribution in [3.05, 3.63) is 36.8 Å². The van der Waals surface area contributed by atoms with Crippen molar-refractivity contribution in [3.63, 3.8) is 0 Å². The van der Waals surface area contributed by atoms with Crippen molar-refractivity contribution in [2.24, 2.45) is 0 Å². The normalized spacial score (nSPS) is 20.4. The van der Waals surface area contributed by atoms with Crippen LogP contribution in [0.2, 0.25) is 0 Å². The van der Waals surface area contributed by atoms with E-state index in [-0.39, 0.29) is 11.8 Å². The van der Waals surface area contributed by atoms with E-state index in [1.54, 1.807) is 0 Å². The quantitative estimate of drug-likeness (QED) is 0.668. The highest BCUT2D eigenvalue weighted by Gasteiger charge is 2.27. The molecule has 1 unspecified atom stereocenters. The van der Waals surface area contributed by atoms with Crippen LogP contribution < -0.4 is 5.32 Å². The number of para-hydroxylation sites is 1. The largest absolute Gasteiger partial charge is 0.325 e. The molecule has 2 heteroatoms. The lowest BCUT2D eigenvalue weighted by Crippen LogP contribution is -2.10. The molecule has 0 saturated heterocycles. The number of anilines is 1. The lowest BCUT2D eigenvalue weighted by atomic mass is 9.98.